The maximum atomic E-state index is 13.0. The van der Waals surface area contributed by atoms with Gasteiger partial charge < -0.3 is 4.90 Å². The minimum absolute atomic E-state index is 0.148. The largest absolute Gasteiger partial charge is 0.332 e. The fraction of sp³-hybridized carbons (Fsp3) is 0.400. The van der Waals surface area contributed by atoms with Gasteiger partial charge in [-0.15, -0.1) is 23.5 Å². The van der Waals surface area contributed by atoms with Crippen molar-refractivity contribution in [2.24, 2.45) is 0 Å². The van der Waals surface area contributed by atoms with Crippen molar-refractivity contribution in [3.63, 3.8) is 0 Å². The number of pyridine rings is 1. The third kappa shape index (κ3) is 3.72. The monoisotopic (exact) mass is 370 g/mol. The Balaban J connectivity index is 1.50. The first-order valence-electron chi connectivity index (χ1n) is 8.87. The predicted octanol–water partition coefficient (Wildman–Crippen LogP) is 4.93. The van der Waals surface area contributed by atoms with Crippen molar-refractivity contribution in [1.82, 2.24) is 9.88 Å². The van der Waals surface area contributed by atoms with Gasteiger partial charge in [0.2, 0.25) is 0 Å². The van der Waals surface area contributed by atoms with Gasteiger partial charge in [0, 0.05) is 24.5 Å². The van der Waals surface area contributed by atoms with E-state index in [0.29, 0.717) is 4.58 Å². The van der Waals surface area contributed by atoms with Crippen LogP contribution in [0.3, 0.4) is 0 Å². The van der Waals surface area contributed by atoms with Crippen molar-refractivity contribution in [3.05, 3.63) is 65.5 Å². The number of thioether (sulfide) groups is 2. The summed E-state index contributed by atoms with van der Waals surface area (Å²) >= 11 is 4.03. The van der Waals surface area contributed by atoms with Crippen molar-refractivity contribution >= 4 is 29.4 Å². The van der Waals surface area contributed by atoms with E-state index in [0.717, 1.165) is 24.9 Å². The summed E-state index contributed by atoms with van der Waals surface area (Å²) in [5.74, 6) is 2.62. The van der Waals surface area contributed by atoms with Crippen LogP contribution >= 0.6 is 23.5 Å². The number of carbonyl (C=O) groups excluding carboxylic acids is 1. The van der Waals surface area contributed by atoms with Crippen LogP contribution in [0.5, 0.6) is 0 Å². The Kier molecular flexibility index (Phi) is 5.32. The fourth-order valence-corrected chi connectivity index (χ4v) is 6.47. The van der Waals surface area contributed by atoms with Crippen LogP contribution in [0.1, 0.15) is 51.4 Å². The van der Waals surface area contributed by atoms with Crippen molar-refractivity contribution < 1.29 is 4.79 Å². The van der Waals surface area contributed by atoms with Crippen LogP contribution in [-0.2, 0) is 0 Å². The molecule has 1 amide bonds. The first-order chi connectivity index (χ1) is 12.3. The molecule has 1 aromatic heterocycles. The molecule has 3 nitrogen and oxygen atoms in total. The quantitative estimate of drug-likeness (QED) is 0.767. The first kappa shape index (κ1) is 17.0. The van der Waals surface area contributed by atoms with E-state index < -0.39 is 0 Å². The Bertz CT molecular complexity index is 714. The highest BCUT2D eigenvalue weighted by Crippen LogP contribution is 2.43. The Morgan fingerprint density at radius 1 is 0.960 bits per heavy atom. The summed E-state index contributed by atoms with van der Waals surface area (Å²) in [7, 11) is 0. The number of nitrogens with zero attached hydrogens (tertiary/aromatic N) is 2. The molecule has 1 aromatic carbocycles. The zero-order valence-corrected chi connectivity index (χ0v) is 15.8. The van der Waals surface area contributed by atoms with Gasteiger partial charge in [-0.25, -0.2) is 0 Å². The molecule has 2 aromatic rings. The SMILES string of the molecule is O=C(c1ccc(C2SCCCS2)cc1)N1CCCC1c1ccncc1. The van der Waals surface area contributed by atoms with E-state index in [4.69, 9.17) is 0 Å². The molecule has 4 rings (SSSR count). The van der Waals surface area contributed by atoms with Gasteiger partial charge in [0.15, 0.2) is 0 Å². The number of benzene rings is 1. The Morgan fingerprint density at radius 2 is 1.68 bits per heavy atom. The second-order valence-corrected chi connectivity index (χ2v) is 9.21. The standard InChI is InChI=1S/C20H22N2OS2/c23-19(22-12-1-3-18(22)15-8-10-21-11-9-15)16-4-6-17(7-5-16)20-24-13-2-14-25-20/h4-11,18,20H,1-3,12-14H2. The Labute approximate surface area is 157 Å². The van der Waals surface area contributed by atoms with Gasteiger partial charge in [0.1, 0.15) is 0 Å². The number of likely N-dealkylation sites (tertiary alicyclic amines) is 1. The molecule has 0 saturated carbocycles. The lowest BCUT2D eigenvalue weighted by atomic mass is 10.1. The van der Waals surface area contributed by atoms with Crippen LogP contribution in [0.2, 0.25) is 0 Å². The third-order valence-electron chi connectivity index (χ3n) is 4.86. The molecular formula is C20H22N2OS2. The van der Waals surface area contributed by atoms with Gasteiger partial charge in [0.25, 0.3) is 5.91 Å². The highest BCUT2D eigenvalue weighted by Gasteiger charge is 2.30. The maximum Gasteiger partial charge on any atom is 0.254 e. The topological polar surface area (TPSA) is 33.2 Å². The van der Waals surface area contributed by atoms with Crippen LogP contribution in [0.25, 0.3) is 0 Å². The van der Waals surface area contributed by atoms with E-state index in [2.05, 4.69) is 17.1 Å². The van der Waals surface area contributed by atoms with Crippen LogP contribution in [-0.4, -0.2) is 33.8 Å². The van der Waals surface area contributed by atoms with Crippen LogP contribution in [0, 0.1) is 0 Å². The normalized spacial score (nSPS) is 21.4. The molecule has 0 spiro atoms. The molecule has 3 heterocycles. The van der Waals surface area contributed by atoms with Gasteiger partial charge in [0.05, 0.1) is 10.6 Å². The maximum absolute atomic E-state index is 13.0. The summed E-state index contributed by atoms with van der Waals surface area (Å²) in [6, 6.07) is 12.5. The zero-order valence-electron chi connectivity index (χ0n) is 14.1. The summed E-state index contributed by atoms with van der Waals surface area (Å²) in [6.45, 7) is 0.835. The van der Waals surface area contributed by atoms with Crippen molar-refractivity contribution in [1.29, 1.82) is 0 Å². The van der Waals surface area contributed by atoms with E-state index in [1.54, 1.807) is 0 Å². The lowest BCUT2D eigenvalue weighted by Gasteiger charge is -2.25. The minimum atomic E-state index is 0.148. The van der Waals surface area contributed by atoms with Crippen molar-refractivity contribution in [3.8, 4) is 0 Å². The molecule has 1 atom stereocenters. The number of rotatable bonds is 3. The molecule has 2 saturated heterocycles. The van der Waals surface area contributed by atoms with Crippen molar-refractivity contribution in [2.45, 2.75) is 29.9 Å². The summed E-state index contributed by atoms with van der Waals surface area (Å²) in [4.78, 5) is 19.1. The Hall–Kier alpha value is -1.46. The fourth-order valence-electron chi connectivity index (χ4n) is 3.57. The Morgan fingerprint density at radius 3 is 2.40 bits per heavy atom. The molecule has 2 fully saturated rings. The molecule has 2 aliphatic rings. The number of aromatic nitrogens is 1. The number of amides is 1. The number of hydrogen-bond donors (Lipinski definition) is 0. The second-order valence-electron chi connectivity index (χ2n) is 6.49. The molecule has 1 unspecified atom stereocenters. The van der Waals surface area contributed by atoms with E-state index in [-0.39, 0.29) is 11.9 Å². The van der Waals surface area contributed by atoms with Crippen molar-refractivity contribution in [2.75, 3.05) is 18.1 Å². The highest BCUT2D eigenvalue weighted by atomic mass is 32.2. The minimum Gasteiger partial charge on any atom is -0.332 e. The van der Waals surface area contributed by atoms with Crippen LogP contribution in [0.4, 0.5) is 0 Å². The number of carbonyl (C=O) groups is 1. The number of hydrogen-bond acceptors (Lipinski definition) is 4. The average Bonchev–Trinajstić information content (AvgIpc) is 3.19. The average molecular weight is 371 g/mol. The van der Waals surface area contributed by atoms with E-state index in [1.807, 2.05) is 65.1 Å². The van der Waals surface area contributed by atoms with Gasteiger partial charge in [-0.1, -0.05) is 12.1 Å². The second kappa shape index (κ2) is 7.83. The van der Waals surface area contributed by atoms with Crippen LogP contribution < -0.4 is 0 Å². The molecule has 5 heteroatoms. The summed E-state index contributed by atoms with van der Waals surface area (Å²) in [6.07, 6.45) is 7.01. The zero-order chi connectivity index (χ0) is 17.1. The lowest BCUT2D eigenvalue weighted by molar-refractivity contribution is 0.0735. The lowest BCUT2D eigenvalue weighted by Crippen LogP contribution is -2.30. The molecular weight excluding hydrogens is 348 g/mol. The predicted molar refractivity (Wildman–Crippen MR) is 106 cm³/mol. The molecule has 2 aliphatic heterocycles. The third-order valence-corrected chi connectivity index (χ3v) is 7.88. The smallest absolute Gasteiger partial charge is 0.254 e. The molecule has 0 radical (unpaired) electrons. The van der Waals surface area contributed by atoms with Gasteiger partial charge in [-0.05, 0) is 66.2 Å². The molecule has 0 N–H and O–H groups in total. The molecule has 0 aliphatic carbocycles. The van der Waals surface area contributed by atoms with E-state index in [9.17, 15) is 4.79 Å². The van der Waals surface area contributed by atoms with Gasteiger partial charge >= 0.3 is 0 Å². The van der Waals surface area contributed by atoms with Gasteiger partial charge in [-0.3, -0.25) is 9.78 Å². The molecule has 130 valence electrons. The van der Waals surface area contributed by atoms with E-state index in [1.165, 1.54) is 29.1 Å². The first-order valence-corrected chi connectivity index (χ1v) is 11.0. The summed E-state index contributed by atoms with van der Waals surface area (Å²) in [5, 5.41) is 0. The van der Waals surface area contributed by atoms with E-state index >= 15 is 0 Å². The highest BCUT2D eigenvalue weighted by molar-refractivity contribution is 8.16. The summed E-state index contributed by atoms with van der Waals surface area (Å²) in [5.41, 5.74) is 3.32. The molecule has 25 heavy (non-hydrogen) atoms. The van der Waals surface area contributed by atoms with Gasteiger partial charge in [-0.2, -0.15) is 0 Å². The van der Waals surface area contributed by atoms with Crippen LogP contribution in [0.15, 0.2) is 48.8 Å². The molecule has 0 bridgehead atoms. The summed E-state index contributed by atoms with van der Waals surface area (Å²) < 4.78 is 0.522.